The number of benzene rings is 2. The molecule has 3 rings (SSSR count). The summed E-state index contributed by atoms with van der Waals surface area (Å²) >= 11 is 0. The number of imidazole rings is 1. The lowest BCUT2D eigenvalue weighted by Crippen LogP contribution is -1.97. The Kier molecular flexibility index (Phi) is 3.15. The average Bonchev–Trinajstić information content (AvgIpc) is 2.76. The molecule has 0 radical (unpaired) electrons. The van der Waals surface area contributed by atoms with E-state index in [-0.39, 0.29) is 0 Å². The summed E-state index contributed by atoms with van der Waals surface area (Å²) in [7, 11) is 0. The number of rotatable bonds is 3. The van der Waals surface area contributed by atoms with Crippen LogP contribution in [0.2, 0.25) is 0 Å². The number of hydrogen-bond acceptors (Lipinski definition) is 1. The lowest BCUT2D eigenvalue weighted by atomic mass is 10.2. The van der Waals surface area contributed by atoms with Crippen LogP contribution in [0, 0.1) is 6.92 Å². The minimum absolute atomic E-state index is 0.848. The Morgan fingerprint density at radius 2 is 1.74 bits per heavy atom. The maximum absolute atomic E-state index is 4.57. The van der Waals surface area contributed by atoms with Crippen molar-refractivity contribution in [3.05, 3.63) is 72.1 Å². The fourth-order valence-corrected chi connectivity index (χ4v) is 2.28. The van der Waals surface area contributed by atoms with Crippen LogP contribution in [0.25, 0.3) is 17.1 Å². The topological polar surface area (TPSA) is 17.8 Å². The van der Waals surface area contributed by atoms with Gasteiger partial charge in [0.05, 0.1) is 11.0 Å². The lowest BCUT2D eigenvalue weighted by Gasteiger charge is -2.02. The van der Waals surface area contributed by atoms with Crippen molar-refractivity contribution < 1.29 is 0 Å². The van der Waals surface area contributed by atoms with Gasteiger partial charge in [0.25, 0.3) is 0 Å². The molecule has 2 aromatic carbocycles. The Morgan fingerprint density at radius 3 is 2.58 bits per heavy atom. The predicted octanol–water partition coefficient (Wildman–Crippen LogP) is 4.06. The van der Waals surface area contributed by atoms with Gasteiger partial charge in [-0.3, -0.25) is 0 Å². The number of aromatic nitrogens is 2. The molecule has 0 atom stereocenters. The molecular weight excluding hydrogens is 232 g/mol. The second-order valence-corrected chi connectivity index (χ2v) is 4.57. The van der Waals surface area contributed by atoms with Gasteiger partial charge in [0.15, 0.2) is 0 Å². The van der Waals surface area contributed by atoms with Crippen molar-refractivity contribution in [1.82, 2.24) is 9.55 Å². The average molecular weight is 248 g/mol. The summed E-state index contributed by atoms with van der Waals surface area (Å²) in [5.41, 5.74) is 3.48. The largest absolute Gasteiger partial charge is 0.324 e. The fourth-order valence-electron chi connectivity index (χ4n) is 2.28. The number of nitrogens with zero attached hydrogens (tertiary/aromatic N) is 2. The van der Waals surface area contributed by atoms with Crippen molar-refractivity contribution in [2.24, 2.45) is 0 Å². The van der Waals surface area contributed by atoms with E-state index in [1.807, 2.05) is 12.1 Å². The van der Waals surface area contributed by atoms with E-state index >= 15 is 0 Å². The molecule has 19 heavy (non-hydrogen) atoms. The van der Waals surface area contributed by atoms with Crippen molar-refractivity contribution in [3.8, 4) is 0 Å². The molecule has 1 heterocycles. The first-order valence-corrected chi connectivity index (χ1v) is 6.48. The van der Waals surface area contributed by atoms with Gasteiger partial charge < -0.3 is 4.57 Å². The SMILES string of the molecule is Cc1nc2ccccc2n1C/C=C/c1ccccc1. The van der Waals surface area contributed by atoms with Gasteiger partial charge in [-0.25, -0.2) is 4.98 Å². The normalized spacial score (nSPS) is 11.4. The zero-order chi connectivity index (χ0) is 13.1. The maximum atomic E-state index is 4.57. The molecule has 3 aromatic rings. The number of fused-ring (bicyclic) bond motifs is 1. The van der Waals surface area contributed by atoms with Crippen molar-refractivity contribution in [3.63, 3.8) is 0 Å². The van der Waals surface area contributed by atoms with Crippen LogP contribution in [-0.4, -0.2) is 9.55 Å². The lowest BCUT2D eigenvalue weighted by molar-refractivity contribution is 0.808. The van der Waals surface area contributed by atoms with E-state index in [0.29, 0.717) is 0 Å². The van der Waals surface area contributed by atoms with Gasteiger partial charge in [-0.2, -0.15) is 0 Å². The molecule has 0 spiro atoms. The standard InChI is InChI=1S/C17H16N2/c1-14-18-16-11-5-6-12-17(16)19(14)13-7-10-15-8-3-2-4-9-15/h2-12H,13H2,1H3/b10-7+. The van der Waals surface area contributed by atoms with Crippen LogP contribution < -0.4 is 0 Å². The first-order chi connectivity index (χ1) is 9.34. The number of hydrogen-bond donors (Lipinski definition) is 0. The molecule has 2 heteroatoms. The highest BCUT2D eigenvalue weighted by atomic mass is 15.1. The Labute approximate surface area is 113 Å². The fraction of sp³-hybridized carbons (Fsp3) is 0.118. The number of para-hydroxylation sites is 2. The monoisotopic (exact) mass is 248 g/mol. The minimum atomic E-state index is 0.848. The Bertz CT molecular complexity index is 708. The van der Waals surface area contributed by atoms with Crippen LogP contribution in [0.15, 0.2) is 60.7 Å². The van der Waals surface area contributed by atoms with Gasteiger partial charge in [-0.1, -0.05) is 54.6 Å². The molecule has 94 valence electrons. The van der Waals surface area contributed by atoms with E-state index in [2.05, 4.69) is 71.1 Å². The second kappa shape index (κ2) is 5.11. The van der Waals surface area contributed by atoms with E-state index in [4.69, 9.17) is 0 Å². The van der Waals surface area contributed by atoms with Crippen LogP contribution in [0.5, 0.6) is 0 Å². The maximum Gasteiger partial charge on any atom is 0.107 e. The van der Waals surface area contributed by atoms with Gasteiger partial charge in [0.1, 0.15) is 5.82 Å². The van der Waals surface area contributed by atoms with Crippen LogP contribution in [0.4, 0.5) is 0 Å². The zero-order valence-corrected chi connectivity index (χ0v) is 11.0. The molecule has 0 aliphatic carbocycles. The van der Waals surface area contributed by atoms with Gasteiger partial charge in [-0.15, -0.1) is 0 Å². The molecule has 0 N–H and O–H groups in total. The van der Waals surface area contributed by atoms with Gasteiger partial charge in [0, 0.05) is 6.54 Å². The third kappa shape index (κ3) is 2.43. The van der Waals surface area contributed by atoms with E-state index in [1.54, 1.807) is 0 Å². The minimum Gasteiger partial charge on any atom is -0.324 e. The quantitative estimate of drug-likeness (QED) is 0.683. The molecule has 0 bridgehead atoms. The third-order valence-corrected chi connectivity index (χ3v) is 3.24. The Morgan fingerprint density at radius 1 is 1.00 bits per heavy atom. The number of allylic oxidation sites excluding steroid dienone is 1. The summed E-state index contributed by atoms with van der Waals surface area (Å²) in [4.78, 5) is 4.57. The van der Waals surface area contributed by atoms with E-state index in [9.17, 15) is 0 Å². The highest BCUT2D eigenvalue weighted by molar-refractivity contribution is 5.75. The first kappa shape index (κ1) is 11.7. The van der Waals surface area contributed by atoms with Crippen molar-refractivity contribution >= 4 is 17.1 Å². The third-order valence-electron chi connectivity index (χ3n) is 3.24. The van der Waals surface area contributed by atoms with Gasteiger partial charge in [-0.05, 0) is 24.6 Å². The molecule has 0 unspecified atom stereocenters. The van der Waals surface area contributed by atoms with Crippen LogP contribution in [0.3, 0.4) is 0 Å². The van der Waals surface area contributed by atoms with Gasteiger partial charge in [0.2, 0.25) is 0 Å². The summed E-state index contributed by atoms with van der Waals surface area (Å²) in [5.74, 6) is 1.05. The summed E-state index contributed by atoms with van der Waals surface area (Å²) in [6.45, 7) is 2.90. The summed E-state index contributed by atoms with van der Waals surface area (Å²) in [6.07, 6.45) is 4.32. The molecule has 0 amide bonds. The summed E-state index contributed by atoms with van der Waals surface area (Å²) in [5, 5.41) is 0. The predicted molar refractivity (Wildman–Crippen MR) is 79.9 cm³/mol. The zero-order valence-electron chi connectivity index (χ0n) is 11.0. The molecule has 0 saturated heterocycles. The summed E-state index contributed by atoms with van der Waals surface area (Å²) in [6, 6.07) is 18.6. The first-order valence-electron chi connectivity index (χ1n) is 6.48. The second-order valence-electron chi connectivity index (χ2n) is 4.57. The van der Waals surface area contributed by atoms with E-state index in [1.165, 1.54) is 11.1 Å². The molecule has 0 saturated carbocycles. The van der Waals surface area contributed by atoms with E-state index in [0.717, 1.165) is 17.9 Å². The molecular formula is C17H16N2. The smallest absolute Gasteiger partial charge is 0.107 e. The Balaban J connectivity index is 1.86. The van der Waals surface area contributed by atoms with Crippen LogP contribution in [0.1, 0.15) is 11.4 Å². The van der Waals surface area contributed by atoms with Crippen molar-refractivity contribution in [2.45, 2.75) is 13.5 Å². The van der Waals surface area contributed by atoms with Crippen molar-refractivity contribution in [2.75, 3.05) is 0 Å². The highest BCUT2D eigenvalue weighted by Gasteiger charge is 2.04. The molecule has 2 nitrogen and oxygen atoms in total. The highest BCUT2D eigenvalue weighted by Crippen LogP contribution is 2.15. The molecule has 0 aliphatic heterocycles. The van der Waals surface area contributed by atoms with Crippen LogP contribution in [-0.2, 0) is 6.54 Å². The van der Waals surface area contributed by atoms with Crippen molar-refractivity contribution in [1.29, 1.82) is 0 Å². The van der Waals surface area contributed by atoms with Gasteiger partial charge >= 0.3 is 0 Å². The summed E-state index contributed by atoms with van der Waals surface area (Å²) < 4.78 is 2.23. The molecule has 1 aromatic heterocycles. The number of aryl methyl sites for hydroxylation is 1. The molecule has 0 aliphatic rings. The van der Waals surface area contributed by atoms with Crippen LogP contribution >= 0.6 is 0 Å². The van der Waals surface area contributed by atoms with E-state index < -0.39 is 0 Å². The Hall–Kier alpha value is -2.35. The molecule has 0 fully saturated rings.